The number of amides is 1. The molecule has 0 radical (unpaired) electrons. The van der Waals surface area contributed by atoms with Crippen molar-refractivity contribution >= 4 is 40.9 Å². The zero-order valence-corrected chi connectivity index (χ0v) is 12.6. The van der Waals surface area contributed by atoms with Crippen LogP contribution in [0.25, 0.3) is 6.08 Å². The van der Waals surface area contributed by atoms with Crippen molar-refractivity contribution in [2.75, 3.05) is 5.32 Å². The lowest BCUT2D eigenvalue weighted by Gasteiger charge is -2.05. The van der Waals surface area contributed by atoms with E-state index in [2.05, 4.69) is 5.32 Å². The second-order valence-electron chi connectivity index (χ2n) is 4.27. The summed E-state index contributed by atoms with van der Waals surface area (Å²) in [5.74, 6) is -1.04. The van der Waals surface area contributed by atoms with Crippen LogP contribution < -0.4 is 5.32 Å². The fourth-order valence-corrected chi connectivity index (χ4v) is 2.03. The first-order chi connectivity index (χ1) is 10.5. The summed E-state index contributed by atoms with van der Waals surface area (Å²) < 4.78 is 12.8. The molecular weight excluding hydrogens is 326 g/mol. The minimum Gasteiger partial charge on any atom is -0.321 e. The first-order valence-electron chi connectivity index (χ1n) is 6.14. The summed E-state index contributed by atoms with van der Waals surface area (Å²) in [5.41, 5.74) is 0.693. The van der Waals surface area contributed by atoms with Gasteiger partial charge in [0.05, 0.1) is 10.0 Å². The molecule has 0 saturated carbocycles. The van der Waals surface area contributed by atoms with Crippen molar-refractivity contribution in [2.45, 2.75) is 0 Å². The van der Waals surface area contributed by atoms with Gasteiger partial charge in [-0.3, -0.25) is 4.79 Å². The van der Waals surface area contributed by atoms with Crippen molar-refractivity contribution < 1.29 is 9.18 Å². The highest BCUT2D eigenvalue weighted by atomic mass is 35.5. The van der Waals surface area contributed by atoms with E-state index in [9.17, 15) is 9.18 Å². The van der Waals surface area contributed by atoms with Gasteiger partial charge in [0.2, 0.25) is 0 Å². The largest absolute Gasteiger partial charge is 0.321 e. The van der Waals surface area contributed by atoms with E-state index in [1.807, 2.05) is 0 Å². The molecule has 0 aliphatic heterocycles. The number of hydrogen-bond donors (Lipinski definition) is 1. The number of nitrogens with zero attached hydrogens (tertiary/aromatic N) is 1. The number of carbonyl (C=O) groups excluding carboxylic acids is 1. The van der Waals surface area contributed by atoms with E-state index in [-0.39, 0.29) is 10.6 Å². The average molecular weight is 335 g/mol. The van der Waals surface area contributed by atoms with Gasteiger partial charge in [-0.2, -0.15) is 5.26 Å². The summed E-state index contributed by atoms with van der Waals surface area (Å²) in [7, 11) is 0. The molecule has 1 amide bonds. The monoisotopic (exact) mass is 334 g/mol. The third-order valence-electron chi connectivity index (χ3n) is 2.75. The maximum atomic E-state index is 12.8. The van der Waals surface area contributed by atoms with E-state index in [1.54, 1.807) is 24.3 Å². The second kappa shape index (κ2) is 7.08. The lowest BCUT2D eigenvalue weighted by molar-refractivity contribution is -0.112. The van der Waals surface area contributed by atoms with Gasteiger partial charge in [-0.1, -0.05) is 35.3 Å². The van der Waals surface area contributed by atoms with Crippen LogP contribution in [0.4, 0.5) is 10.1 Å². The molecule has 0 aliphatic rings. The number of benzene rings is 2. The van der Waals surface area contributed by atoms with Crippen molar-refractivity contribution in [2.24, 2.45) is 0 Å². The Morgan fingerprint density at radius 3 is 2.50 bits per heavy atom. The van der Waals surface area contributed by atoms with Crippen molar-refractivity contribution in [3.05, 3.63) is 69.5 Å². The van der Waals surface area contributed by atoms with E-state index in [0.717, 1.165) is 0 Å². The number of anilines is 1. The van der Waals surface area contributed by atoms with E-state index in [4.69, 9.17) is 28.5 Å². The van der Waals surface area contributed by atoms with E-state index < -0.39 is 11.7 Å². The lowest BCUT2D eigenvalue weighted by Crippen LogP contribution is -2.13. The van der Waals surface area contributed by atoms with Crippen LogP contribution in [0.5, 0.6) is 0 Å². The molecule has 2 aromatic rings. The molecule has 0 aromatic heterocycles. The molecule has 0 spiro atoms. The maximum Gasteiger partial charge on any atom is 0.266 e. The molecule has 1 N–H and O–H groups in total. The van der Waals surface area contributed by atoms with E-state index in [1.165, 1.54) is 30.3 Å². The standard InChI is InChI=1S/C16H9Cl2FN2O/c17-14-3-1-2-10(15(14)18)8-11(9-20)16(22)21-13-6-4-12(19)5-7-13/h1-8H,(H,21,22). The predicted octanol–water partition coefficient (Wildman–Crippen LogP) is 4.68. The molecule has 0 saturated heterocycles. The summed E-state index contributed by atoms with van der Waals surface area (Å²) in [5, 5.41) is 12.2. The molecule has 22 heavy (non-hydrogen) atoms. The fraction of sp³-hybridized carbons (Fsp3) is 0. The lowest BCUT2D eigenvalue weighted by atomic mass is 10.1. The average Bonchev–Trinajstić information content (AvgIpc) is 2.51. The first-order valence-corrected chi connectivity index (χ1v) is 6.89. The number of nitriles is 1. The Balaban J connectivity index is 2.26. The molecule has 0 heterocycles. The summed E-state index contributed by atoms with van der Waals surface area (Å²) in [6, 6.07) is 11.9. The molecule has 0 unspecified atom stereocenters. The van der Waals surface area contributed by atoms with Crippen molar-refractivity contribution in [3.8, 4) is 6.07 Å². The Labute approximate surface area is 136 Å². The second-order valence-corrected chi connectivity index (χ2v) is 5.06. The Kier molecular flexibility index (Phi) is 5.16. The number of nitrogens with one attached hydrogen (secondary N) is 1. The normalized spacial score (nSPS) is 10.9. The van der Waals surface area contributed by atoms with Gasteiger partial charge in [-0.05, 0) is 42.0 Å². The number of rotatable bonds is 3. The summed E-state index contributed by atoms with van der Waals surface area (Å²) in [6.07, 6.45) is 1.34. The van der Waals surface area contributed by atoms with Crippen LogP contribution in [0.1, 0.15) is 5.56 Å². The molecule has 2 aromatic carbocycles. The van der Waals surface area contributed by atoms with E-state index in [0.29, 0.717) is 16.3 Å². The van der Waals surface area contributed by atoms with Gasteiger partial charge in [-0.25, -0.2) is 4.39 Å². The highest BCUT2D eigenvalue weighted by molar-refractivity contribution is 6.43. The zero-order valence-electron chi connectivity index (χ0n) is 11.1. The molecular formula is C16H9Cl2FN2O. The topological polar surface area (TPSA) is 52.9 Å². The predicted molar refractivity (Wildman–Crippen MR) is 85.1 cm³/mol. The van der Waals surface area contributed by atoms with Crippen LogP contribution in [0, 0.1) is 17.1 Å². The molecule has 3 nitrogen and oxygen atoms in total. The van der Waals surface area contributed by atoms with Gasteiger partial charge in [0.25, 0.3) is 5.91 Å². The fourth-order valence-electron chi connectivity index (χ4n) is 1.67. The quantitative estimate of drug-likeness (QED) is 0.654. The Hall–Kier alpha value is -2.35. The summed E-state index contributed by atoms with van der Waals surface area (Å²) >= 11 is 11.9. The highest BCUT2D eigenvalue weighted by Crippen LogP contribution is 2.27. The maximum absolute atomic E-state index is 12.8. The van der Waals surface area contributed by atoms with Crippen LogP contribution in [-0.4, -0.2) is 5.91 Å². The minimum absolute atomic E-state index is 0.145. The number of carbonyl (C=O) groups is 1. The molecule has 0 atom stereocenters. The van der Waals surface area contributed by atoms with Crippen LogP contribution in [-0.2, 0) is 4.79 Å². The molecule has 0 bridgehead atoms. The van der Waals surface area contributed by atoms with Gasteiger partial charge >= 0.3 is 0 Å². The van der Waals surface area contributed by atoms with E-state index >= 15 is 0 Å². The molecule has 6 heteroatoms. The molecule has 0 aliphatic carbocycles. The number of hydrogen-bond acceptors (Lipinski definition) is 2. The Morgan fingerprint density at radius 2 is 1.86 bits per heavy atom. The Bertz CT molecular complexity index is 780. The number of halogens is 3. The molecule has 0 fully saturated rings. The Morgan fingerprint density at radius 1 is 1.18 bits per heavy atom. The third kappa shape index (κ3) is 3.85. The SMILES string of the molecule is N#CC(=Cc1cccc(Cl)c1Cl)C(=O)Nc1ccc(F)cc1. The van der Waals surface area contributed by atoms with Crippen molar-refractivity contribution in [1.29, 1.82) is 5.26 Å². The smallest absolute Gasteiger partial charge is 0.266 e. The van der Waals surface area contributed by atoms with Crippen molar-refractivity contribution in [1.82, 2.24) is 0 Å². The van der Waals surface area contributed by atoms with Gasteiger partial charge in [-0.15, -0.1) is 0 Å². The third-order valence-corrected chi connectivity index (χ3v) is 3.58. The zero-order chi connectivity index (χ0) is 16.1. The van der Waals surface area contributed by atoms with Crippen LogP contribution in [0.15, 0.2) is 48.0 Å². The van der Waals surface area contributed by atoms with Crippen LogP contribution in [0.3, 0.4) is 0 Å². The van der Waals surface area contributed by atoms with Crippen molar-refractivity contribution in [3.63, 3.8) is 0 Å². The van der Waals surface area contributed by atoms with Gasteiger partial charge < -0.3 is 5.32 Å². The van der Waals surface area contributed by atoms with Crippen LogP contribution >= 0.6 is 23.2 Å². The van der Waals surface area contributed by atoms with Gasteiger partial charge in [0, 0.05) is 5.69 Å². The van der Waals surface area contributed by atoms with Gasteiger partial charge in [0.15, 0.2) is 0 Å². The molecule has 110 valence electrons. The summed E-state index contributed by atoms with van der Waals surface area (Å²) in [6.45, 7) is 0. The summed E-state index contributed by atoms with van der Waals surface area (Å²) in [4.78, 5) is 12.1. The highest BCUT2D eigenvalue weighted by Gasteiger charge is 2.11. The first kappa shape index (κ1) is 16.0. The molecule has 2 rings (SSSR count). The minimum atomic E-state index is -0.620. The van der Waals surface area contributed by atoms with Gasteiger partial charge in [0.1, 0.15) is 17.5 Å². The van der Waals surface area contributed by atoms with Crippen LogP contribution in [0.2, 0.25) is 10.0 Å².